The highest BCUT2D eigenvalue weighted by molar-refractivity contribution is 6.08. The minimum atomic E-state index is -0.687. The van der Waals surface area contributed by atoms with E-state index < -0.39 is 11.5 Å². The highest BCUT2D eigenvalue weighted by atomic mass is 16.3. The molecule has 0 bridgehead atoms. The molecule has 6 heteroatoms. The minimum absolute atomic E-state index is 0.233. The van der Waals surface area contributed by atoms with Crippen molar-refractivity contribution in [2.45, 2.75) is 6.92 Å². The van der Waals surface area contributed by atoms with Gasteiger partial charge in [-0.15, -0.1) is 0 Å². The first-order chi connectivity index (χ1) is 10.6. The number of carbonyl (C=O) groups is 1. The van der Waals surface area contributed by atoms with Crippen LogP contribution in [0.15, 0.2) is 47.4 Å². The summed E-state index contributed by atoms with van der Waals surface area (Å²) in [7, 11) is 0. The van der Waals surface area contributed by atoms with Crippen LogP contribution in [0, 0.1) is 6.92 Å². The predicted molar refractivity (Wildman–Crippen MR) is 83.2 cm³/mol. The van der Waals surface area contributed by atoms with Crippen molar-refractivity contribution in [1.82, 2.24) is 9.97 Å². The van der Waals surface area contributed by atoms with Crippen molar-refractivity contribution >= 4 is 22.6 Å². The van der Waals surface area contributed by atoms with Crippen LogP contribution in [0.5, 0.6) is 5.75 Å². The lowest BCUT2D eigenvalue weighted by Gasteiger charge is -2.08. The number of H-pyrrole nitrogens is 1. The van der Waals surface area contributed by atoms with Crippen LogP contribution in [0.4, 0.5) is 5.69 Å². The molecule has 0 aliphatic rings. The van der Waals surface area contributed by atoms with Crippen LogP contribution < -0.4 is 10.9 Å². The summed E-state index contributed by atoms with van der Waals surface area (Å²) in [5.41, 5.74) is 0.808. The van der Waals surface area contributed by atoms with Crippen molar-refractivity contribution in [2.75, 3.05) is 5.32 Å². The second-order valence-electron chi connectivity index (χ2n) is 4.90. The van der Waals surface area contributed by atoms with Gasteiger partial charge in [0.05, 0.1) is 5.39 Å². The van der Waals surface area contributed by atoms with Crippen molar-refractivity contribution in [3.8, 4) is 5.75 Å². The van der Waals surface area contributed by atoms with E-state index >= 15 is 0 Å². The molecule has 0 aliphatic heterocycles. The second-order valence-corrected chi connectivity index (χ2v) is 4.90. The largest absolute Gasteiger partial charge is 0.506 e. The molecule has 2 heterocycles. The maximum Gasteiger partial charge on any atom is 0.266 e. The third kappa shape index (κ3) is 2.42. The molecule has 6 nitrogen and oxygen atoms in total. The van der Waals surface area contributed by atoms with E-state index in [0.717, 1.165) is 5.56 Å². The monoisotopic (exact) mass is 295 g/mol. The van der Waals surface area contributed by atoms with E-state index in [1.165, 1.54) is 6.20 Å². The Balaban J connectivity index is 2.04. The normalized spacial score (nSPS) is 10.6. The Morgan fingerprint density at radius 3 is 2.68 bits per heavy atom. The average molecular weight is 295 g/mol. The molecule has 0 saturated carbocycles. The molecule has 0 unspecified atom stereocenters. The van der Waals surface area contributed by atoms with Gasteiger partial charge >= 0.3 is 0 Å². The zero-order chi connectivity index (χ0) is 15.7. The molecule has 0 radical (unpaired) electrons. The number of anilines is 1. The maximum absolute atomic E-state index is 12.3. The Hall–Kier alpha value is -3.15. The van der Waals surface area contributed by atoms with E-state index in [4.69, 9.17) is 0 Å². The minimum Gasteiger partial charge on any atom is -0.506 e. The third-order valence-corrected chi connectivity index (χ3v) is 3.30. The van der Waals surface area contributed by atoms with Crippen molar-refractivity contribution in [3.63, 3.8) is 0 Å². The number of aromatic nitrogens is 2. The molecule has 0 saturated heterocycles. The van der Waals surface area contributed by atoms with Crippen molar-refractivity contribution < 1.29 is 9.90 Å². The maximum atomic E-state index is 12.3. The number of pyridine rings is 2. The summed E-state index contributed by atoms with van der Waals surface area (Å²) >= 11 is 0. The number of aromatic hydroxyl groups is 1. The number of amides is 1. The summed E-state index contributed by atoms with van der Waals surface area (Å²) in [6.07, 6.45) is 1.49. The molecule has 3 aromatic rings. The fourth-order valence-electron chi connectivity index (χ4n) is 2.15. The molecule has 0 fully saturated rings. The molecule has 0 aliphatic carbocycles. The third-order valence-electron chi connectivity index (χ3n) is 3.30. The van der Waals surface area contributed by atoms with Crippen LogP contribution in [0.3, 0.4) is 0 Å². The lowest BCUT2D eigenvalue weighted by Crippen LogP contribution is -2.23. The lowest BCUT2D eigenvalue weighted by atomic mass is 10.1. The van der Waals surface area contributed by atoms with Gasteiger partial charge < -0.3 is 15.4 Å². The van der Waals surface area contributed by atoms with E-state index in [1.54, 1.807) is 24.3 Å². The number of carbonyl (C=O) groups excluding carboxylic acids is 1. The zero-order valence-corrected chi connectivity index (χ0v) is 11.8. The SMILES string of the molecule is Cc1ccc(NC(=O)c2c(O)c3cccnc3[nH]c2=O)cc1. The number of benzene rings is 1. The summed E-state index contributed by atoms with van der Waals surface area (Å²) in [6, 6.07) is 10.3. The number of nitrogens with one attached hydrogen (secondary N) is 2. The van der Waals surface area contributed by atoms with Crippen LogP contribution in [-0.2, 0) is 0 Å². The summed E-state index contributed by atoms with van der Waals surface area (Å²) in [4.78, 5) is 30.7. The van der Waals surface area contributed by atoms with Crippen LogP contribution >= 0.6 is 0 Å². The quantitative estimate of drug-likeness (QED) is 0.675. The second kappa shape index (κ2) is 5.33. The van der Waals surface area contributed by atoms with Crippen molar-refractivity contribution in [3.05, 3.63) is 64.1 Å². The Morgan fingerprint density at radius 2 is 1.95 bits per heavy atom. The molecule has 110 valence electrons. The molecule has 1 aromatic carbocycles. The van der Waals surface area contributed by atoms with E-state index in [-0.39, 0.29) is 17.0 Å². The Kier molecular flexibility index (Phi) is 3.34. The van der Waals surface area contributed by atoms with Crippen LogP contribution in [0.25, 0.3) is 11.0 Å². The number of aryl methyl sites for hydroxylation is 1. The molecule has 1 amide bonds. The highest BCUT2D eigenvalue weighted by Crippen LogP contribution is 2.23. The van der Waals surface area contributed by atoms with Crippen LogP contribution in [-0.4, -0.2) is 21.0 Å². The van der Waals surface area contributed by atoms with Gasteiger partial charge in [0, 0.05) is 11.9 Å². The van der Waals surface area contributed by atoms with Crippen molar-refractivity contribution in [1.29, 1.82) is 0 Å². The number of fused-ring (bicyclic) bond motifs is 1. The van der Waals surface area contributed by atoms with Gasteiger partial charge in [0.15, 0.2) is 0 Å². The average Bonchev–Trinajstić information content (AvgIpc) is 2.49. The molecule has 3 rings (SSSR count). The van der Waals surface area contributed by atoms with E-state index in [2.05, 4.69) is 15.3 Å². The first-order valence-electron chi connectivity index (χ1n) is 6.64. The summed E-state index contributed by atoms with van der Waals surface area (Å²) in [5.74, 6) is -1.05. The molecule has 2 aromatic heterocycles. The highest BCUT2D eigenvalue weighted by Gasteiger charge is 2.19. The molecule has 22 heavy (non-hydrogen) atoms. The van der Waals surface area contributed by atoms with Crippen LogP contribution in [0.2, 0.25) is 0 Å². The van der Waals surface area contributed by atoms with Crippen LogP contribution in [0.1, 0.15) is 15.9 Å². The van der Waals surface area contributed by atoms with Gasteiger partial charge in [0.2, 0.25) is 0 Å². The van der Waals surface area contributed by atoms with Gasteiger partial charge in [-0.25, -0.2) is 4.98 Å². The van der Waals surface area contributed by atoms with Gasteiger partial charge in [-0.05, 0) is 31.2 Å². The Labute approximate surface area is 125 Å². The van der Waals surface area contributed by atoms with E-state index in [0.29, 0.717) is 11.1 Å². The molecular weight excluding hydrogens is 282 g/mol. The van der Waals surface area contributed by atoms with E-state index in [9.17, 15) is 14.7 Å². The Morgan fingerprint density at radius 1 is 1.23 bits per heavy atom. The number of nitrogens with zero attached hydrogens (tertiary/aromatic N) is 1. The fourth-order valence-corrected chi connectivity index (χ4v) is 2.15. The number of hydrogen-bond donors (Lipinski definition) is 3. The number of rotatable bonds is 2. The zero-order valence-electron chi connectivity index (χ0n) is 11.8. The Bertz CT molecular complexity index is 914. The first kappa shape index (κ1) is 13.8. The van der Waals surface area contributed by atoms with Gasteiger partial charge in [-0.2, -0.15) is 0 Å². The lowest BCUT2D eigenvalue weighted by molar-refractivity contribution is 0.102. The smallest absolute Gasteiger partial charge is 0.266 e. The molecular formula is C16H13N3O3. The first-order valence-corrected chi connectivity index (χ1v) is 6.64. The van der Waals surface area contributed by atoms with Gasteiger partial charge in [0.1, 0.15) is 17.0 Å². The number of aromatic amines is 1. The van der Waals surface area contributed by atoms with Gasteiger partial charge in [-0.1, -0.05) is 17.7 Å². The standard InChI is InChI=1S/C16H13N3O3/c1-9-4-6-10(7-5-9)18-15(21)12-13(20)11-3-2-8-17-14(11)19-16(12)22/h2-8H,1H3,(H,18,21)(H2,17,19,20,22). The summed E-state index contributed by atoms with van der Waals surface area (Å²) in [6.45, 7) is 1.93. The molecule has 0 spiro atoms. The summed E-state index contributed by atoms with van der Waals surface area (Å²) < 4.78 is 0. The van der Waals surface area contributed by atoms with Gasteiger partial charge in [0.25, 0.3) is 11.5 Å². The van der Waals surface area contributed by atoms with E-state index in [1.807, 2.05) is 19.1 Å². The number of hydrogen-bond acceptors (Lipinski definition) is 4. The van der Waals surface area contributed by atoms with Crippen molar-refractivity contribution in [2.24, 2.45) is 0 Å². The molecule has 3 N–H and O–H groups in total. The predicted octanol–water partition coefficient (Wildman–Crippen LogP) is 2.19. The topological polar surface area (TPSA) is 95.1 Å². The molecule has 0 atom stereocenters. The summed E-state index contributed by atoms with van der Waals surface area (Å²) in [5, 5.41) is 13.1. The fraction of sp³-hybridized carbons (Fsp3) is 0.0625. The van der Waals surface area contributed by atoms with Gasteiger partial charge in [-0.3, -0.25) is 9.59 Å².